The van der Waals surface area contributed by atoms with E-state index in [9.17, 15) is 13.6 Å². The molecule has 7 heteroatoms. The van der Waals surface area contributed by atoms with Crippen molar-refractivity contribution in [3.63, 3.8) is 0 Å². The molecule has 0 bridgehead atoms. The van der Waals surface area contributed by atoms with Crippen LogP contribution in [0, 0.1) is 0 Å². The van der Waals surface area contributed by atoms with E-state index in [2.05, 4.69) is 10.1 Å². The number of alkyl halides is 2. The maximum absolute atomic E-state index is 12.4. The highest BCUT2D eigenvalue weighted by molar-refractivity contribution is 5.90. The SMILES string of the molecule is CC1(C)C=C(N2CCNCC2=O)c2cc(OC(F)F)ccc2O1. The minimum atomic E-state index is -2.90. The van der Waals surface area contributed by atoms with Gasteiger partial charge in [-0.2, -0.15) is 8.78 Å². The molecule has 5 nitrogen and oxygen atoms in total. The third kappa shape index (κ3) is 3.29. The summed E-state index contributed by atoms with van der Waals surface area (Å²) in [5, 5.41) is 3.01. The molecule has 1 aromatic carbocycles. The lowest BCUT2D eigenvalue weighted by molar-refractivity contribution is -0.128. The van der Waals surface area contributed by atoms with Gasteiger partial charge in [0, 0.05) is 18.7 Å². The van der Waals surface area contributed by atoms with Crippen molar-refractivity contribution in [3.8, 4) is 11.5 Å². The predicted molar refractivity (Wildman–Crippen MR) is 80.3 cm³/mol. The Balaban J connectivity index is 2.03. The van der Waals surface area contributed by atoms with Crippen LogP contribution in [0.3, 0.4) is 0 Å². The maximum atomic E-state index is 12.4. The van der Waals surface area contributed by atoms with E-state index < -0.39 is 12.2 Å². The molecule has 1 saturated heterocycles. The molecule has 3 rings (SSSR count). The highest BCUT2D eigenvalue weighted by atomic mass is 19.3. The first-order chi connectivity index (χ1) is 10.9. The Morgan fingerprint density at radius 1 is 1.39 bits per heavy atom. The Labute approximate surface area is 132 Å². The van der Waals surface area contributed by atoms with Crippen LogP contribution in [-0.4, -0.2) is 42.7 Å². The van der Waals surface area contributed by atoms with Crippen molar-refractivity contribution < 1.29 is 23.0 Å². The fourth-order valence-corrected chi connectivity index (χ4v) is 2.78. The van der Waals surface area contributed by atoms with Crippen molar-refractivity contribution in [2.75, 3.05) is 19.6 Å². The largest absolute Gasteiger partial charge is 0.483 e. The number of rotatable bonds is 3. The van der Waals surface area contributed by atoms with E-state index in [1.807, 2.05) is 19.9 Å². The number of nitrogens with zero attached hydrogens (tertiary/aromatic N) is 1. The van der Waals surface area contributed by atoms with Crippen LogP contribution in [-0.2, 0) is 4.79 Å². The quantitative estimate of drug-likeness (QED) is 0.926. The molecule has 2 aliphatic heterocycles. The molecule has 2 heterocycles. The second kappa shape index (κ2) is 5.81. The smallest absolute Gasteiger partial charge is 0.387 e. The molecule has 0 radical (unpaired) electrons. The number of ether oxygens (including phenoxy) is 2. The number of nitrogens with one attached hydrogen (secondary N) is 1. The summed E-state index contributed by atoms with van der Waals surface area (Å²) in [4.78, 5) is 13.9. The topological polar surface area (TPSA) is 50.8 Å². The van der Waals surface area contributed by atoms with Gasteiger partial charge < -0.3 is 19.7 Å². The van der Waals surface area contributed by atoms with Crippen LogP contribution in [0.15, 0.2) is 24.3 Å². The van der Waals surface area contributed by atoms with E-state index in [4.69, 9.17) is 4.74 Å². The Kier molecular flexibility index (Phi) is 3.97. The number of hydrogen-bond donors (Lipinski definition) is 1. The lowest BCUT2D eigenvalue weighted by Crippen LogP contribution is -2.48. The average Bonchev–Trinajstić information content (AvgIpc) is 2.46. The monoisotopic (exact) mass is 324 g/mol. The summed E-state index contributed by atoms with van der Waals surface area (Å²) < 4.78 is 35.2. The zero-order valence-electron chi connectivity index (χ0n) is 12.9. The highest BCUT2D eigenvalue weighted by Crippen LogP contribution is 2.40. The van der Waals surface area contributed by atoms with Gasteiger partial charge in [0.1, 0.15) is 17.1 Å². The third-order valence-electron chi connectivity index (χ3n) is 3.69. The van der Waals surface area contributed by atoms with E-state index in [0.717, 1.165) is 0 Å². The van der Waals surface area contributed by atoms with Crippen molar-refractivity contribution in [2.45, 2.75) is 26.1 Å². The van der Waals surface area contributed by atoms with Gasteiger partial charge in [0.25, 0.3) is 0 Å². The molecule has 1 N–H and O–H groups in total. The molecule has 1 amide bonds. The standard InChI is InChI=1S/C16H18F2N2O3/c1-16(2)8-12(20-6-5-19-9-14(20)21)11-7-10(22-15(17)18)3-4-13(11)23-16/h3-4,7-8,15,19H,5-6,9H2,1-2H3. The zero-order valence-corrected chi connectivity index (χ0v) is 12.9. The van der Waals surface area contributed by atoms with Crippen LogP contribution in [0.1, 0.15) is 19.4 Å². The van der Waals surface area contributed by atoms with Gasteiger partial charge in [-0.1, -0.05) is 0 Å². The van der Waals surface area contributed by atoms with Gasteiger partial charge in [-0.25, -0.2) is 0 Å². The number of hydrogen-bond acceptors (Lipinski definition) is 4. The van der Waals surface area contributed by atoms with Gasteiger partial charge in [0.15, 0.2) is 0 Å². The van der Waals surface area contributed by atoms with Gasteiger partial charge in [0.2, 0.25) is 5.91 Å². The van der Waals surface area contributed by atoms with Crippen molar-refractivity contribution in [2.24, 2.45) is 0 Å². The summed E-state index contributed by atoms with van der Waals surface area (Å²) in [6.07, 6.45) is 1.84. The first-order valence-electron chi connectivity index (χ1n) is 7.38. The van der Waals surface area contributed by atoms with Gasteiger partial charge in [-0.05, 0) is 38.1 Å². The van der Waals surface area contributed by atoms with E-state index >= 15 is 0 Å². The molecule has 0 aliphatic carbocycles. The molecule has 23 heavy (non-hydrogen) atoms. The number of carbonyl (C=O) groups excluding carboxylic acids is 1. The molecule has 0 atom stereocenters. The van der Waals surface area contributed by atoms with E-state index in [0.29, 0.717) is 30.1 Å². The lowest BCUT2D eigenvalue weighted by atomic mass is 9.97. The molecular formula is C16H18F2N2O3. The van der Waals surface area contributed by atoms with Crippen LogP contribution in [0.25, 0.3) is 5.70 Å². The first kappa shape index (κ1) is 15.7. The summed E-state index contributed by atoms with van der Waals surface area (Å²) in [6.45, 7) is 2.30. The minimum Gasteiger partial charge on any atom is -0.483 e. The molecule has 0 unspecified atom stereocenters. The number of carbonyl (C=O) groups is 1. The van der Waals surface area contributed by atoms with Crippen molar-refractivity contribution in [1.82, 2.24) is 10.2 Å². The number of benzene rings is 1. The summed E-state index contributed by atoms with van der Waals surface area (Å²) in [5.74, 6) is 0.516. The molecular weight excluding hydrogens is 306 g/mol. The Bertz CT molecular complexity index is 659. The van der Waals surface area contributed by atoms with Crippen molar-refractivity contribution in [1.29, 1.82) is 0 Å². The minimum absolute atomic E-state index is 0.0375. The fourth-order valence-electron chi connectivity index (χ4n) is 2.78. The number of piperazine rings is 1. The van der Waals surface area contributed by atoms with Gasteiger partial charge in [0.05, 0.1) is 12.2 Å². The second-order valence-electron chi connectivity index (χ2n) is 5.99. The van der Waals surface area contributed by atoms with Crippen LogP contribution in [0.5, 0.6) is 11.5 Å². The van der Waals surface area contributed by atoms with E-state index in [1.54, 1.807) is 11.0 Å². The molecule has 124 valence electrons. The Morgan fingerprint density at radius 2 is 2.17 bits per heavy atom. The summed E-state index contributed by atoms with van der Waals surface area (Å²) >= 11 is 0. The molecule has 1 fully saturated rings. The highest BCUT2D eigenvalue weighted by Gasteiger charge is 2.32. The second-order valence-corrected chi connectivity index (χ2v) is 5.99. The third-order valence-corrected chi connectivity index (χ3v) is 3.69. The lowest BCUT2D eigenvalue weighted by Gasteiger charge is -2.37. The predicted octanol–water partition coefficient (Wildman–Crippen LogP) is 2.23. The Hall–Kier alpha value is -2.15. The van der Waals surface area contributed by atoms with E-state index in [1.165, 1.54) is 12.1 Å². The normalized spacial score (nSPS) is 20.0. The maximum Gasteiger partial charge on any atom is 0.387 e. The van der Waals surface area contributed by atoms with Gasteiger partial charge in [-0.15, -0.1) is 0 Å². The van der Waals surface area contributed by atoms with Crippen LogP contribution >= 0.6 is 0 Å². The van der Waals surface area contributed by atoms with Crippen LogP contribution < -0.4 is 14.8 Å². The molecule has 2 aliphatic rings. The number of fused-ring (bicyclic) bond motifs is 1. The van der Waals surface area contributed by atoms with Gasteiger partial charge in [-0.3, -0.25) is 4.79 Å². The molecule has 1 aromatic rings. The number of amides is 1. The van der Waals surface area contributed by atoms with Crippen LogP contribution in [0.2, 0.25) is 0 Å². The summed E-state index contributed by atoms with van der Waals surface area (Å²) in [5.41, 5.74) is 0.652. The first-order valence-corrected chi connectivity index (χ1v) is 7.38. The van der Waals surface area contributed by atoms with E-state index in [-0.39, 0.29) is 18.2 Å². The molecule has 0 aromatic heterocycles. The summed E-state index contributed by atoms with van der Waals surface area (Å²) in [6, 6.07) is 4.51. The fraction of sp³-hybridized carbons (Fsp3) is 0.438. The molecule has 0 spiro atoms. The van der Waals surface area contributed by atoms with Gasteiger partial charge >= 0.3 is 6.61 Å². The summed E-state index contributed by atoms with van der Waals surface area (Å²) in [7, 11) is 0. The van der Waals surface area contributed by atoms with Crippen molar-refractivity contribution in [3.05, 3.63) is 29.8 Å². The zero-order chi connectivity index (χ0) is 16.6. The average molecular weight is 324 g/mol. The van der Waals surface area contributed by atoms with Crippen LogP contribution in [0.4, 0.5) is 8.78 Å². The van der Waals surface area contributed by atoms with Crippen molar-refractivity contribution >= 4 is 11.6 Å². The number of halogens is 2. The molecule has 0 saturated carbocycles. The Morgan fingerprint density at radius 3 is 2.87 bits per heavy atom.